The maximum Gasteiger partial charge on any atom is 0.0781 e. The third-order valence-electron chi connectivity index (χ3n) is 3.46. The number of hydrogen-bond acceptors (Lipinski definition) is 3. The number of rotatable bonds is 2. The Hall–Kier alpha value is -0.740. The fourth-order valence-corrected chi connectivity index (χ4v) is 3.00. The Bertz CT molecular complexity index is 410. The molecule has 2 aliphatic heterocycles. The molecule has 3 rings (SSSR count). The van der Waals surface area contributed by atoms with E-state index in [4.69, 9.17) is 10.5 Å². The van der Waals surface area contributed by atoms with E-state index in [-0.39, 0.29) is 0 Å². The van der Waals surface area contributed by atoms with Gasteiger partial charge in [-0.15, -0.1) is 0 Å². The lowest BCUT2D eigenvalue weighted by atomic mass is 9.95. The lowest BCUT2D eigenvalue weighted by molar-refractivity contribution is 0.102. The van der Waals surface area contributed by atoms with Gasteiger partial charge in [0.05, 0.1) is 29.6 Å². The highest BCUT2D eigenvalue weighted by Crippen LogP contribution is 2.37. The molecule has 0 amide bonds. The van der Waals surface area contributed by atoms with Crippen LogP contribution in [0.25, 0.3) is 0 Å². The van der Waals surface area contributed by atoms with Gasteiger partial charge in [0.2, 0.25) is 0 Å². The van der Waals surface area contributed by atoms with Crippen molar-refractivity contribution in [1.82, 2.24) is 0 Å². The summed E-state index contributed by atoms with van der Waals surface area (Å²) < 4.78 is 6.86. The number of hydrogen-bond donors (Lipinski definition) is 2. The molecule has 0 aromatic heterocycles. The van der Waals surface area contributed by atoms with E-state index in [9.17, 15) is 0 Å². The molecule has 3 unspecified atom stereocenters. The fraction of sp³-hybridized carbons (Fsp3) is 0.500. The summed E-state index contributed by atoms with van der Waals surface area (Å²) in [6, 6.07) is 6.33. The van der Waals surface area contributed by atoms with Gasteiger partial charge in [0.1, 0.15) is 0 Å². The van der Waals surface area contributed by atoms with Crippen LogP contribution in [0.3, 0.4) is 0 Å². The summed E-state index contributed by atoms with van der Waals surface area (Å²) in [6.07, 6.45) is 4.35. The van der Waals surface area contributed by atoms with Gasteiger partial charge in [-0.25, -0.2) is 0 Å². The minimum Gasteiger partial charge on any atom is -0.397 e. The first kappa shape index (κ1) is 10.4. The second-order valence-electron chi connectivity index (χ2n) is 4.59. The predicted molar refractivity (Wildman–Crippen MR) is 68.5 cm³/mol. The van der Waals surface area contributed by atoms with Crippen LogP contribution in [-0.2, 0) is 4.74 Å². The van der Waals surface area contributed by atoms with Crippen molar-refractivity contribution in [2.75, 3.05) is 11.1 Å². The quantitative estimate of drug-likeness (QED) is 0.820. The second-order valence-corrected chi connectivity index (χ2v) is 5.51. The Balaban J connectivity index is 1.76. The SMILES string of the molecule is Nc1ccc(Br)cc1NC1CC2CCC1O2. The van der Waals surface area contributed by atoms with Gasteiger partial charge < -0.3 is 15.8 Å². The number of fused-ring (bicyclic) bond motifs is 2. The van der Waals surface area contributed by atoms with Crippen LogP contribution in [0.15, 0.2) is 22.7 Å². The van der Waals surface area contributed by atoms with Crippen LogP contribution in [0, 0.1) is 0 Å². The molecule has 16 heavy (non-hydrogen) atoms. The van der Waals surface area contributed by atoms with Crippen molar-refractivity contribution in [3.63, 3.8) is 0 Å². The predicted octanol–water partition coefficient (Wildman–Crippen LogP) is 2.76. The first-order valence-corrected chi connectivity index (χ1v) is 6.49. The fourth-order valence-electron chi connectivity index (χ4n) is 2.64. The Kier molecular flexibility index (Phi) is 2.56. The number of ether oxygens (including phenoxy) is 1. The largest absolute Gasteiger partial charge is 0.397 e. The molecule has 2 saturated heterocycles. The van der Waals surface area contributed by atoms with E-state index >= 15 is 0 Å². The number of halogens is 1. The molecule has 2 heterocycles. The highest BCUT2D eigenvalue weighted by molar-refractivity contribution is 9.10. The van der Waals surface area contributed by atoms with Crippen LogP contribution in [-0.4, -0.2) is 18.2 Å². The molecule has 3 atom stereocenters. The lowest BCUT2D eigenvalue weighted by Gasteiger charge is -2.22. The summed E-state index contributed by atoms with van der Waals surface area (Å²) in [4.78, 5) is 0. The van der Waals surface area contributed by atoms with Crippen molar-refractivity contribution in [1.29, 1.82) is 0 Å². The third-order valence-corrected chi connectivity index (χ3v) is 3.96. The van der Waals surface area contributed by atoms with Crippen molar-refractivity contribution in [3.05, 3.63) is 22.7 Å². The Morgan fingerprint density at radius 3 is 2.94 bits per heavy atom. The van der Waals surface area contributed by atoms with E-state index in [2.05, 4.69) is 21.2 Å². The van der Waals surface area contributed by atoms with E-state index < -0.39 is 0 Å². The van der Waals surface area contributed by atoms with Crippen LogP contribution >= 0.6 is 15.9 Å². The van der Waals surface area contributed by atoms with E-state index in [1.54, 1.807) is 0 Å². The number of anilines is 2. The average molecular weight is 283 g/mol. The molecule has 4 heteroatoms. The highest BCUT2D eigenvalue weighted by Gasteiger charge is 2.40. The van der Waals surface area contributed by atoms with Gasteiger partial charge in [-0.05, 0) is 37.5 Å². The minimum absolute atomic E-state index is 0.378. The van der Waals surface area contributed by atoms with Gasteiger partial charge in [0.25, 0.3) is 0 Å². The molecular formula is C12H15BrN2O. The van der Waals surface area contributed by atoms with Crippen molar-refractivity contribution in [2.24, 2.45) is 0 Å². The summed E-state index contributed by atoms with van der Waals surface area (Å²) in [7, 11) is 0. The summed E-state index contributed by atoms with van der Waals surface area (Å²) in [5.74, 6) is 0. The maximum atomic E-state index is 5.94. The van der Waals surface area contributed by atoms with Gasteiger partial charge >= 0.3 is 0 Å². The maximum absolute atomic E-state index is 5.94. The molecular weight excluding hydrogens is 268 g/mol. The van der Waals surface area contributed by atoms with Crippen molar-refractivity contribution >= 4 is 27.3 Å². The van der Waals surface area contributed by atoms with E-state index in [0.29, 0.717) is 18.2 Å². The number of benzene rings is 1. The lowest BCUT2D eigenvalue weighted by Crippen LogP contribution is -2.30. The molecule has 2 aliphatic rings. The first-order valence-electron chi connectivity index (χ1n) is 5.69. The van der Waals surface area contributed by atoms with Crippen LogP contribution in [0.2, 0.25) is 0 Å². The van der Waals surface area contributed by atoms with Crippen molar-refractivity contribution in [3.8, 4) is 0 Å². The number of nitrogens with two attached hydrogens (primary N) is 1. The Morgan fingerprint density at radius 1 is 1.38 bits per heavy atom. The number of nitrogens with one attached hydrogen (secondary N) is 1. The van der Waals surface area contributed by atoms with Gasteiger partial charge in [-0.2, -0.15) is 0 Å². The third kappa shape index (κ3) is 1.80. The second kappa shape index (κ2) is 3.93. The summed E-state index contributed by atoms with van der Waals surface area (Å²) in [5.41, 5.74) is 7.75. The van der Waals surface area contributed by atoms with E-state index in [1.165, 1.54) is 12.8 Å². The zero-order valence-corrected chi connectivity index (χ0v) is 10.5. The number of nitrogen functional groups attached to an aromatic ring is 1. The normalized spacial score (nSPS) is 31.9. The Morgan fingerprint density at radius 2 is 2.25 bits per heavy atom. The average Bonchev–Trinajstić information content (AvgIpc) is 2.85. The summed E-state index contributed by atoms with van der Waals surface area (Å²) in [6.45, 7) is 0. The van der Waals surface area contributed by atoms with Gasteiger partial charge in [-0.3, -0.25) is 0 Å². The smallest absolute Gasteiger partial charge is 0.0781 e. The molecule has 1 aromatic carbocycles. The van der Waals surface area contributed by atoms with Crippen LogP contribution in [0.4, 0.5) is 11.4 Å². The van der Waals surface area contributed by atoms with Crippen LogP contribution in [0.5, 0.6) is 0 Å². The molecule has 2 bridgehead atoms. The molecule has 2 fully saturated rings. The standard InChI is InChI=1S/C12H15BrN2O/c13-7-1-3-9(14)10(5-7)15-11-6-8-2-4-12(11)16-8/h1,3,5,8,11-12,15H,2,4,6,14H2. The summed E-state index contributed by atoms with van der Waals surface area (Å²) >= 11 is 3.46. The van der Waals surface area contributed by atoms with Crippen molar-refractivity contribution in [2.45, 2.75) is 37.5 Å². The molecule has 0 spiro atoms. The monoisotopic (exact) mass is 282 g/mol. The molecule has 0 radical (unpaired) electrons. The molecule has 0 saturated carbocycles. The van der Waals surface area contributed by atoms with E-state index in [1.807, 2.05) is 18.2 Å². The molecule has 1 aromatic rings. The topological polar surface area (TPSA) is 47.3 Å². The molecule has 86 valence electrons. The van der Waals surface area contributed by atoms with Gasteiger partial charge in [0, 0.05) is 4.47 Å². The van der Waals surface area contributed by atoms with Gasteiger partial charge in [0.15, 0.2) is 0 Å². The summed E-state index contributed by atoms with van der Waals surface area (Å²) in [5, 5.41) is 3.50. The van der Waals surface area contributed by atoms with Gasteiger partial charge in [-0.1, -0.05) is 15.9 Å². The zero-order chi connectivity index (χ0) is 11.1. The molecule has 3 N–H and O–H groups in total. The Labute approximate surface area is 103 Å². The molecule has 3 nitrogen and oxygen atoms in total. The highest BCUT2D eigenvalue weighted by atomic mass is 79.9. The first-order chi connectivity index (χ1) is 7.72. The van der Waals surface area contributed by atoms with Crippen LogP contribution < -0.4 is 11.1 Å². The van der Waals surface area contributed by atoms with Crippen LogP contribution in [0.1, 0.15) is 19.3 Å². The van der Waals surface area contributed by atoms with E-state index in [0.717, 1.165) is 22.3 Å². The van der Waals surface area contributed by atoms with Crippen molar-refractivity contribution < 1.29 is 4.74 Å². The molecule has 0 aliphatic carbocycles. The zero-order valence-electron chi connectivity index (χ0n) is 8.95. The minimum atomic E-state index is 0.378.